The van der Waals surface area contributed by atoms with Crippen LogP contribution in [-0.2, 0) is 4.74 Å². The molecule has 0 unspecified atom stereocenters. The third kappa shape index (κ3) is 4.47. The Morgan fingerprint density at radius 2 is 2.22 bits per heavy atom. The minimum absolute atomic E-state index is 0.0867. The van der Waals surface area contributed by atoms with Gasteiger partial charge in [0.1, 0.15) is 11.1 Å². The molecule has 120 valence electrons. The van der Waals surface area contributed by atoms with Gasteiger partial charge in [-0.2, -0.15) is 0 Å². The van der Waals surface area contributed by atoms with Crippen LogP contribution in [0.25, 0.3) is 21.4 Å². The Hall–Kier alpha value is -3.03. The second-order valence-electron chi connectivity index (χ2n) is 4.57. The zero-order chi connectivity index (χ0) is 16.7. The lowest BCUT2D eigenvalue weighted by Crippen LogP contribution is -2.31. The molecular weight excluding hydrogens is 302 g/mol. The molecule has 1 amide bonds. The number of carbonyl (C=O) groups excluding carboxylic acids is 1. The van der Waals surface area contributed by atoms with Crippen molar-refractivity contribution in [1.82, 2.24) is 5.32 Å². The van der Waals surface area contributed by atoms with Crippen molar-refractivity contribution in [2.24, 2.45) is 5.11 Å². The number of hydrogen-bond donors (Lipinski definition) is 2. The van der Waals surface area contributed by atoms with Crippen molar-refractivity contribution in [2.75, 3.05) is 32.0 Å². The van der Waals surface area contributed by atoms with Gasteiger partial charge in [-0.05, 0) is 23.7 Å². The molecule has 9 heteroatoms. The Kier molecular flexibility index (Phi) is 5.56. The number of benzene rings is 1. The summed E-state index contributed by atoms with van der Waals surface area (Å²) in [7, 11) is 0. The largest absolute Gasteiger partial charge is 0.422 e. The molecule has 2 aromatic rings. The number of rotatable bonds is 7. The highest BCUT2D eigenvalue weighted by Crippen LogP contribution is 2.16. The van der Waals surface area contributed by atoms with Crippen LogP contribution in [0.4, 0.5) is 5.69 Å². The third-order valence-corrected chi connectivity index (χ3v) is 2.94. The van der Waals surface area contributed by atoms with E-state index >= 15 is 0 Å². The molecule has 3 N–H and O–H groups in total. The van der Waals surface area contributed by atoms with Gasteiger partial charge in [0, 0.05) is 35.1 Å². The number of hydrogen-bond acceptors (Lipinski definition) is 6. The molecule has 1 aromatic carbocycles. The van der Waals surface area contributed by atoms with Crippen LogP contribution in [0.1, 0.15) is 10.4 Å². The Labute approximate surface area is 130 Å². The fourth-order valence-electron chi connectivity index (χ4n) is 1.87. The average Bonchev–Trinajstić information content (AvgIpc) is 2.53. The van der Waals surface area contributed by atoms with Crippen LogP contribution in [0.2, 0.25) is 0 Å². The maximum atomic E-state index is 12.0. The highest BCUT2D eigenvalue weighted by Gasteiger charge is 2.13. The van der Waals surface area contributed by atoms with Gasteiger partial charge in [-0.1, -0.05) is 5.11 Å². The molecule has 0 spiro atoms. The van der Waals surface area contributed by atoms with E-state index in [1.54, 1.807) is 12.1 Å². The lowest BCUT2D eigenvalue weighted by Gasteiger charge is -2.06. The number of nitrogen functional groups attached to an aromatic ring is 1. The summed E-state index contributed by atoms with van der Waals surface area (Å²) in [5, 5.41) is 6.47. The van der Waals surface area contributed by atoms with Gasteiger partial charge in [0.25, 0.3) is 5.91 Å². The normalized spacial score (nSPS) is 10.3. The molecule has 0 aliphatic carbocycles. The van der Waals surface area contributed by atoms with Crippen LogP contribution >= 0.6 is 0 Å². The van der Waals surface area contributed by atoms with E-state index in [-0.39, 0.29) is 31.9 Å². The van der Waals surface area contributed by atoms with Gasteiger partial charge in [-0.25, -0.2) is 4.79 Å². The fraction of sp³-hybridized carbons (Fsp3) is 0.286. The molecule has 9 nitrogen and oxygen atoms in total. The summed E-state index contributed by atoms with van der Waals surface area (Å²) in [6.07, 6.45) is 0. The van der Waals surface area contributed by atoms with E-state index in [4.69, 9.17) is 20.4 Å². The minimum atomic E-state index is -0.732. The smallest absolute Gasteiger partial charge is 0.349 e. The number of amides is 1. The van der Waals surface area contributed by atoms with Gasteiger partial charge in [-0.3, -0.25) is 4.79 Å². The molecule has 0 atom stereocenters. The van der Waals surface area contributed by atoms with Gasteiger partial charge in [0.2, 0.25) is 0 Å². The van der Waals surface area contributed by atoms with E-state index in [1.165, 1.54) is 12.1 Å². The van der Waals surface area contributed by atoms with Crippen molar-refractivity contribution in [2.45, 2.75) is 0 Å². The number of azide groups is 1. The lowest BCUT2D eigenvalue weighted by molar-refractivity contribution is 0.0916. The zero-order valence-electron chi connectivity index (χ0n) is 12.2. The summed E-state index contributed by atoms with van der Waals surface area (Å²) < 4.78 is 10.2. The van der Waals surface area contributed by atoms with E-state index in [1.807, 2.05) is 0 Å². The van der Waals surface area contributed by atoms with Crippen LogP contribution in [0.15, 0.2) is 38.6 Å². The Balaban J connectivity index is 1.95. The standard InChI is InChI=1S/C14H15N5O4/c15-10-2-1-9-7-11(14(21)23-12(9)8-10)13(20)17-3-5-22-6-4-18-19-16/h1-2,7-8H,3-6,15H2,(H,17,20). The number of nitrogens with one attached hydrogen (secondary N) is 1. The Morgan fingerprint density at radius 3 is 3.00 bits per heavy atom. The molecule has 2 rings (SSSR count). The predicted octanol–water partition coefficient (Wildman–Crippen LogP) is 1.43. The van der Waals surface area contributed by atoms with E-state index in [9.17, 15) is 9.59 Å². The number of fused-ring (bicyclic) bond motifs is 1. The van der Waals surface area contributed by atoms with Crippen molar-refractivity contribution < 1.29 is 13.9 Å². The summed E-state index contributed by atoms with van der Waals surface area (Å²) in [6, 6.07) is 6.30. The summed E-state index contributed by atoms with van der Waals surface area (Å²) >= 11 is 0. The van der Waals surface area contributed by atoms with Crippen molar-refractivity contribution in [1.29, 1.82) is 0 Å². The number of nitrogens with two attached hydrogens (primary N) is 1. The molecule has 0 aliphatic rings. The minimum Gasteiger partial charge on any atom is -0.422 e. The Morgan fingerprint density at radius 1 is 1.39 bits per heavy atom. The van der Waals surface area contributed by atoms with Gasteiger partial charge in [0.05, 0.1) is 13.2 Å². The van der Waals surface area contributed by atoms with Crippen molar-refractivity contribution in [3.63, 3.8) is 0 Å². The molecular formula is C14H15N5O4. The van der Waals surface area contributed by atoms with Crippen LogP contribution in [-0.4, -0.2) is 32.2 Å². The Bertz CT molecular complexity index is 810. The van der Waals surface area contributed by atoms with Crippen LogP contribution < -0.4 is 16.7 Å². The van der Waals surface area contributed by atoms with Crippen LogP contribution in [0.3, 0.4) is 0 Å². The molecule has 23 heavy (non-hydrogen) atoms. The predicted molar refractivity (Wildman–Crippen MR) is 84.1 cm³/mol. The van der Waals surface area contributed by atoms with Gasteiger partial charge >= 0.3 is 5.63 Å². The molecule has 1 aromatic heterocycles. The van der Waals surface area contributed by atoms with Crippen molar-refractivity contribution in [3.8, 4) is 0 Å². The maximum Gasteiger partial charge on any atom is 0.349 e. The first-order valence-electron chi connectivity index (χ1n) is 6.82. The molecule has 0 bridgehead atoms. The maximum absolute atomic E-state index is 12.0. The van der Waals surface area contributed by atoms with E-state index in [0.29, 0.717) is 16.7 Å². The number of nitrogens with zero attached hydrogens (tertiary/aromatic N) is 3. The summed E-state index contributed by atoms with van der Waals surface area (Å²) in [6.45, 7) is 0.942. The molecule has 0 radical (unpaired) electrons. The van der Waals surface area contributed by atoms with Crippen molar-refractivity contribution >= 4 is 22.6 Å². The van der Waals surface area contributed by atoms with Gasteiger partial charge in [-0.15, -0.1) is 0 Å². The quantitative estimate of drug-likeness (QED) is 0.198. The number of carbonyl (C=O) groups is 1. The first-order valence-corrected chi connectivity index (χ1v) is 6.82. The van der Waals surface area contributed by atoms with Crippen molar-refractivity contribution in [3.05, 3.63) is 50.7 Å². The summed E-state index contributed by atoms with van der Waals surface area (Å²) in [4.78, 5) is 26.4. The van der Waals surface area contributed by atoms with E-state index in [0.717, 1.165) is 0 Å². The average molecular weight is 317 g/mol. The topological polar surface area (TPSA) is 143 Å². The van der Waals surface area contributed by atoms with Gasteiger partial charge in [0.15, 0.2) is 0 Å². The number of anilines is 1. The first-order chi connectivity index (χ1) is 11.1. The van der Waals surface area contributed by atoms with Crippen LogP contribution in [0, 0.1) is 0 Å². The lowest BCUT2D eigenvalue weighted by atomic mass is 10.1. The van der Waals surface area contributed by atoms with Crippen LogP contribution in [0.5, 0.6) is 0 Å². The molecule has 0 aliphatic heterocycles. The molecule has 1 heterocycles. The molecule has 0 saturated carbocycles. The van der Waals surface area contributed by atoms with E-state index in [2.05, 4.69) is 15.3 Å². The second kappa shape index (κ2) is 7.83. The SMILES string of the molecule is [N-]=[N+]=NCCOCCNC(=O)c1cc2ccc(N)cc2oc1=O. The zero-order valence-corrected chi connectivity index (χ0v) is 12.2. The first kappa shape index (κ1) is 16.3. The monoisotopic (exact) mass is 317 g/mol. The number of ether oxygens (including phenoxy) is 1. The summed E-state index contributed by atoms with van der Waals surface area (Å²) in [5.74, 6) is -0.545. The fourth-order valence-corrected chi connectivity index (χ4v) is 1.87. The third-order valence-electron chi connectivity index (χ3n) is 2.94. The highest BCUT2D eigenvalue weighted by molar-refractivity contribution is 5.96. The summed E-state index contributed by atoms with van der Waals surface area (Å²) in [5.41, 5.74) is 13.7. The highest BCUT2D eigenvalue weighted by atomic mass is 16.5. The molecule has 0 saturated heterocycles. The molecule has 0 fully saturated rings. The van der Waals surface area contributed by atoms with E-state index < -0.39 is 11.5 Å². The van der Waals surface area contributed by atoms with Gasteiger partial charge < -0.3 is 20.2 Å². The second-order valence-corrected chi connectivity index (χ2v) is 4.57.